The number of hydrogen-bond donors (Lipinski definition) is 1. The SMILES string of the molecule is CCC1CCCC1C(C)(C)O. The van der Waals surface area contributed by atoms with E-state index in [4.69, 9.17) is 0 Å². The van der Waals surface area contributed by atoms with Crippen molar-refractivity contribution in [2.45, 2.75) is 52.1 Å². The van der Waals surface area contributed by atoms with Crippen molar-refractivity contribution in [1.29, 1.82) is 0 Å². The number of aliphatic hydroxyl groups is 1. The molecule has 0 spiro atoms. The van der Waals surface area contributed by atoms with Crippen LogP contribution in [0.2, 0.25) is 0 Å². The van der Waals surface area contributed by atoms with Crippen molar-refractivity contribution in [3.63, 3.8) is 0 Å². The lowest BCUT2D eigenvalue weighted by molar-refractivity contribution is -0.000584. The summed E-state index contributed by atoms with van der Waals surface area (Å²) in [6.07, 6.45) is 5.09. The first kappa shape index (κ1) is 9.05. The van der Waals surface area contributed by atoms with Gasteiger partial charge in [0.25, 0.3) is 0 Å². The van der Waals surface area contributed by atoms with Crippen molar-refractivity contribution in [3.05, 3.63) is 0 Å². The second kappa shape index (κ2) is 3.14. The van der Waals surface area contributed by atoms with Gasteiger partial charge in [-0.25, -0.2) is 0 Å². The van der Waals surface area contributed by atoms with E-state index >= 15 is 0 Å². The average molecular weight is 156 g/mol. The van der Waals surface area contributed by atoms with E-state index in [9.17, 15) is 5.11 Å². The van der Waals surface area contributed by atoms with Gasteiger partial charge in [0.05, 0.1) is 5.60 Å². The molecule has 0 aliphatic heterocycles. The van der Waals surface area contributed by atoms with Crippen LogP contribution in [-0.4, -0.2) is 10.7 Å². The lowest BCUT2D eigenvalue weighted by Gasteiger charge is -2.30. The van der Waals surface area contributed by atoms with Gasteiger partial charge in [0.15, 0.2) is 0 Å². The molecule has 66 valence electrons. The predicted molar refractivity (Wildman–Crippen MR) is 47.4 cm³/mol. The highest BCUT2D eigenvalue weighted by atomic mass is 16.3. The van der Waals surface area contributed by atoms with Crippen LogP contribution >= 0.6 is 0 Å². The fourth-order valence-corrected chi connectivity index (χ4v) is 2.46. The van der Waals surface area contributed by atoms with E-state index in [-0.39, 0.29) is 0 Å². The van der Waals surface area contributed by atoms with E-state index in [1.807, 2.05) is 13.8 Å². The zero-order chi connectivity index (χ0) is 8.48. The van der Waals surface area contributed by atoms with Gasteiger partial charge in [-0.05, 0) is 32.1 Å². The molecule has 1 aliphatic carbocycles. The van der Waals surface area contributed by atoms with Crippen molar-refractivity contribution < 1.29 is 5.11 Å². The smallest absolute Gasteiger partial charge is 0.0622 e. The summed E-state index contributed by atoms with van der Waals surface area (Å²) in [4.78, 5) is 0. The van der Waals surface area contributed by atoms with Crippen LogP contribution in [0.25, 0.3) is 0 Å². The van der Waals surface area contributed by atoms with E-state index in [2.05, 4.69) is 6.92 Å². The van der Waals surface area contributed by atoms with Crippen LogP contribution in [0, 0.1) is 11.8 Å². The molecular formula is C10H20O. The largest absolute Gasteiger partial charge is 0.390 e. The Labute approximate surface area is 69.8 Å². The summed E-state index contributed by atoms with van der Waals surface area (Å²) in [5, 5.41) is 9.82. The third kappa shape index (κ3) is 1.96. The van der Waals surface area contributed by atoms with Crippen molar-refractivity contribution in [1.82, 2.24) is 0 Å². The molecular weight excluding hydrogens is 136 g/mol. The first-order valence-electron chi connectivity index (χ1n) is 4.78. The minimum atomic E-state index is -0.447. The Morgan fingerprint density at radius 1 is 1.36 bits per heavy atom. The highest BCUT2D eigenvalue weighted by Crippen LogP contribution is 2.40. The summed E-state index contributed by atoms with van der Waals surface area (Å²) in [7, 11) is 0. The monoisotopic (exact) mass is 156 g/mol. The van der Waals surface area contributed by atoms with Gasteiger partial charge >= 0.3 is 0 Å². The van der Waals surface area contributed by atoms with Gasteiger partial charge in [-0.15, -0.1) is 0 Å². The van der Waals surface area contributed by atoms with Gasteiger partial charge in [-0.1, -0.05) is 26.2 Å². The Balaban J connectivity index is 2.57. The Hall–Kier alpha value is -0.0400. The van der Waals surface area contributed by atoms with Crippen LogP contribution in [0.4, 0.5) is 0 Å². The molecule has 0 amide bonds. The van der Waals surface area contributed by atoms with Gasteiger partial charge in [0.1, 0.15) is 0 Å². The summed E-state index contributed by atoms with van der Waals surface area (Å²) in [5.41, 5.74) is -0.447. The summed E-state index contributed by atoms with van der Waals surface area (Å²) >= 11 is 0. The fraction of sp³-hybridized carbons (Fsp3) is 1.00. The number of rotatable bonds is 2. The molecule has 0 aromatic carbocycles. The van der Waals surface area contributed by atoms with E-state index in [1.54, 1.807) is 0 Å². The van der Waals surface area contributed by atoms with Gasteiger partial charge in [0, 0.05) is 0 Å². The third-order valence-corrected chi connectivity index (χ3v) is 3.09. The summed E-state index contributed by atoms with van der Waals surface area (Å²) in [6.45, 7) is 6.13. The van der Waals surface area contributed by atoms with Gasteiger partial charge in [-0.3, -0.25) is 0 Å². The van der Waals surface area contributed by atoms with Crippen LogP contribution < -0.4 is 0 Å². The number of hydrogen-bond acceptors (Lipinski definition) is 1. The van der Waals surface area contributed by atoms with E-state index < -0.39 is 5.60 Å². The molecule has 1 fully saturated rings. The van der Waals surface area contributed by atoms with Gasteiger partial charge in [-0.2, -0.15) is 0 Å². The summed E-state index contributed by atoms with van der Waals surface area (Å²) < 4.78 is 0. The molecule has 0 bridgehead atoms. The molecule has 0 aromatic heterocycles. The maximum absolute atomic E-state index is 9.82. The standard InChI is InChI=1S/C10H20O/c1-4-8-6-5-7-9(8)10(2,3)11/h8-9,11H,4-7H2,1-3H3. The van der Waals surface area contributed by atoms with Gasteiger partial charge in [0.2, 0.25) is 0 Å². The Morgan fingerprint density at radius 3 is 2.36 bits per heavy atom. The van der Waals surface area contributed by atoms with E-state index in [1.165, 1.54) is 25.7 Å². The van der Waals surface area contributed by atoms with Crippen molar-refractivity contribution in [2.75, 3.05) is 0 Å². The third-order valence-electron chi connectivity index (χ3n) is 3.09. The fourth-order valence-electron chi connectivity index (χ4n) is 2.46. The van der Waals surface area contributed by atoms with E-state index in [0.29, 0.717) is 5.92 Å². The maximum atomic E-state index is 9.82. The Kier molecular flexibility index (Phi) is 2.58. The zero-order valence-corrected chi connectivity index (χ0v) is 7.93. The van der Waals surface area contributed by atoms with Crippen molar-refractivity contribution in [2.24, 2.45) is 11.8 Å². The minimum absolute atomic E-state index is 0.447. The first-order valence-corrected chi connectivity index (χ1v) is 4.78. The van der Waals surface area contributed by atoms with Gasteiger partial charge < -0.3 is 5.11 Å². The molecule has 1 rings (SSSR count). The lowest BCUT2D eigenvalue weighted by atomic mass is 9.81. The molecule has 2 atom stereocenters. The normalized spacial score (nSPS) is 32.7. The second-order valence-corrected chi connectivity index (χ2v) is 4.36. The molecule has 1 nitrogen and oxygen atoms in total. The molecule has 1 aliphatic rings. The maximum Gasteiger partial charge on any atom is 0.0622 e. The topological polar surface area (TPSA) is 20.2 Å². The molecule has 0 aromatic rings. The minimum Gasteiger partial charge on any atom is -0.390 e. The van der Waals surface area contributed by atoms with Crippen LogP contribution in [-0.2, 0) is 0 Å². The molecule has 1 N–H and O–H groups in total. The first-order chi connectivity index (χ1) is 5.05. The van der Waals surface area contributed by atoms with Crippen molar-refractivity contribution in [3.8, 4) is 0 Å². The predicted octanol–water partition coefficient (Wildman–Crippen LogP) is 2.58. The quantitative estimate of drug-likeness (QED) is 0.651. The molecule has 0 heterocycles. The lowest BCUT2D eigenvalue weighted by Crippen LogP contribution is -2.33. The molecule has 0 saturated heterocycles. The highest BCUT2D eigenvalue weighted by Gasteiger charge is 2.36. The van der Waals surface area contributed by atoms with Crippen LogP contribution in [0.15, 0.2) is 0 Å². The zero-order valence-electron chi connectivity index (χ0n) is 7.93. The van der Waals surface area contributed by atoms with E-state index in [0.717, 1.165) is 5.92 Å². The molecule has 1 saturated carbocycles. The highest BCUT2D eigenvalue weighted by molar-refractivity contribution is 4.87. The molecule has 11 heavy (non-hydrogen) atoms. The second-order valence-electron chi connectivity index (χ2n) is 4.36. The summed E-state index contributed by atoms with van der Waals surface area (Å²) in [5.74, 6) is 1.32. The molecule has 1 heteroatoms. The molecule has 0 radical (unpaired) electrons. The Morgan fingerprint density at radius 2 is 2.00 bits per heavy atom. The van der Waals surface area contributed by atoms with Crippen LogP contribution in [0.5, 0.6) is 0 Å². The molecule has 2 unspecified atom stereocenters. The van der Waals surface area contributed by atoms with Crippen LogP contribution in [0.1, 0.15) is 46.5 Å². The van der Waals surface area contributed by atoms with Crippen molar-refractivity contribution >= 4 is 0 Å². The Bertz CT molecular complexity index is 123. The summed E-state index contributed by atoms with van der Waals surface area (Å²) in [6, 6.07) is 0. The average Bonchev–Trinajstić information content (AvgIpc) is 2.31. The van der Waals surface area contributed by atoms with Crippen LogP contribution in [0.3, 0.4) is 0 Å².